The molecule has 2 rings (SSSR count). The first-order chi connectivity index (χ1) is 9.04. The van der Waals surface area contributed by atoms with Gasteiger partial charge >= 0.3 is 0 Å². The molecule has 1 fully saturated rings. The van der Waals surface area contributed by atoms with Crippen LogP contribution in [0.4, 0.5) is 10.1 Å². The van der Waals surface area contributed by atoms with E-state index in [1.54, 1.807) is 24.1 Å². The molecule has 19 heavy (non-hydrogen) atoms. The number of carbonyl (C=O) groups excluding carboxylic acids is 1. The van der Waals surface area contributed by atoms with Gasteiger partial charge in [-0.05, 0) is 49.3 Å². The van der Waals surface area contributed by atoms with E-state index in [4.69, 9.17) is 12.2 Å². The minimum absolute atomic E-state index is 0.0340. The van der Waals surface area contributed by atoms with Crippen LogP contribution in [0.15, 0.2) is 24.3 Å². The van der Waals surface area contributed by atoms with Gasteiger partial charge in [-0.2, -0.15) is 0 Å². The molecule has 6 heteroatoms. The molecule has 4 nitrogen and oxygen atoms in total. The second-order valence-corrected chi connectivity index (χ2v) is 5.02. The zero-order chi connectivity index (χ0) is 13.8. The molecule has 1 aliphatic rings. The summed E-state index contributed by atoms with van der Waals surface area (Å²) in [7, 11) is 1.74. The lowest BCUT2D eigenvalue weighted by atomic mass is 10.3. The normalized spacial score (nSPS) is 13.8. The predicted octanol–water partition coefficient (Wildman–Crippen LogP) is 1.73. The fourth-order valence-electron chi connectivity index (χ4n) is 1.54. The van der Waals surface area contributed by atoms with Gasteiger partial charge in [-0.1, -0.05) is 0 Å². The number of likely N-dealkylation sites (N-methyl/N-ethyl adjacent to an activating group) is 1. The minimum atomic E-state index is -0.298. The summed E-state index contributed by atoms with van der Waals surface area (Å²) in [5.41, 5.74) is 0.695. The summed E-state index contributed by atoms with van der Waals surface area (Å²) in [6.07, 6.45) is 2.13. The highest BCUT2D eigenvalue weighted by Crippen LogP contribution is 2.18. The lowest BCUT2D eigenvalue weighted by Gasteiger charge is -2.20. The van der Waals surface area contributed by atoms with Gasteiger partial charge in [0.25, 0.3) is 0 Å². The molecule has 0 spiro atoms. The Kier molecular flexibility index (Phi) is 4.31. The molecule has 0 heterocycles. The van der Waals surface area contributed by atoms with Gasteiger partial charge < -0.3 is 15.5 Å². The Morgan fingerprint density at radius 1 is 1.42 bits per heavy atom. The second-order valence-electron chi connectivity index (χ2n) is 4.63. The number of halogens is 1. The van der Waals surface area contributed by atoms with Crippen LogP contribution >= 0.6 is 12.2 Å². The second kappa shape index (κ2) is 5.97. The van der Waals surface area contributed by atoms with Gasteiger partial charge in [-0.3, -0.25) is 4.79 Å². The SMILES string of the molecule is CN(CC(=O)NC1CC1)C(=S)Nc1ccc(F)cc1. The summed E-state index contributed by atoms with van der Waals surface area (Å²) in [5, 5.41) is 6.28. The van der Waals surface area contributed by atoms with Gasteiger partial charge in [-0.25, -0.2) is 4.39 Å². The van der Waals surface area contributed by atoms with Gasteiger partial charge in [0.05, 0.1) is 6.54 Å². The van der Waals surface area contributed by atoms with Crippen molar-refractivity contribution in [3.05, 3.63) is 30.1 Å². The summed E-state index contributed by atoms with van der Waals surface area (Å²) in [5.74, 6) is -0.332. The van der Waals surface area contributed by atoms with Crippen molar-refractivity contribution >= 4 is 28.9 Å². The number of thiocarbonyl (C=S) groups is 1. The first-order valence-electron chi connectivity index (χ1n) is 6.11. The first-order valence-corrected chi connectivity index (χ1v) is 6.52. The molecule has 0 radical (unpaired) electrons. The van der Waals surface area contributed by atoms with E-state index >= 15 is 0 Å². The zero-order valence-electron chi connectivity index (χ0n) is 10.6. The highest BCUT2D eigenvalue weighted by Gasteiger charge is 2.23. The highest BCUT2D eigenvalue weighted by atomic mass is 32.1. The maximum Gasteiger partial charge on any atom is 0.239 e. The van der Waals surface area contributed by atoms with E-state index in [2.05, 4.69) is 10.6 Å². The van der Waals surface area contributed by atoms with Gasteiger partial charge in [0.2, 0.25) is 5.91 Å². The van der Waals surface area contributed by atoms with E-state index in [9.17, 15) is 9.18 Å². The zero-order valence-corrected chi connectivity index (χ0v) is 11.5. The van der Waals surface area contributed by atoms with Crippen molar-refractivity contribution in [3.63, 3.8) is 0 Å². The summed E-state index contributed by atoms with van der Waals surface area (Å²) in [6.45, 7) is 0.212. The number of nitrogens with one attached hydrogen (secondary N) is 2. The van der Waals surface area contributed by atoms with Crippen LogP contribution in [0.2, 0.25) is 0 Å². The van der Waals surface area contributed by atoms with Gasteiger partial charge in [0, 0.05) is 18.8 Å². The largest absolute Gasteiger partial charge is 0.352 e. The summed E-state index contributed by atoms with van der Waals surface area (Å²) < 4.78 is 12.8. The molecule has 1 aliphatic carbocycles. The van der Waals surface area contributed by atoms with Crippen LogP contribution in [0.1, 0.15) is 12.8 Å². The average Bonchev–Trinajstić information content (AvgIpc) is 3.15. The van der Waals surface area contributed by atoms with E-state index in [1.807, 2.05) is 0 Å². The molecule has 0 aliphatic heterocycles. The molecule has 0 atom stereocenters. The first kappa shape index (κ1) is 13.7. The monoisotopic (exact) mass is 281 g/mol. The number of anilines is 1. The Balaban J connectivity index is 1.80. The molecule has 1 aromatic carbocycles. The van der Waals surface area contributed by atoms with Gasteiger partial charge in [-0.15, -0.1) is 0 Å². The number of nitrogens with zero attached hydrogens (tertiary/aromatic N) is 1. The molecule has 1 amide bonds. The molecule has 0 saturated heterocycles. The summed E-state index contributed by atoms with van der Waals surface area (Å²) in [4.78, 5) is 13.3. The number of rotatable bonds is 4. The van der Waals surface area contributed by atoms with Crippen LogP contribution in [0.25, 0.3) is 0 Å². The topological polar surface area (TPSA) is 44.4 Å². The van der Waals surface area contributed by atoms with Crippen molar-refractivity contribution in [3.8, 4) is 0 Å². The number of amides is 1. The van der Waals surface area contributed by atoms with E-state index in [1.165, 1.54) is 12.1 Å². The van der Waals surface area contributed by atoms with Crippen molar-refractivity contribution < 1.29 is 9.18 Å². The molecule has 102 valence electrons. The fraction of sp³-hybridized carbons (Fsp3) is 0.385. The Morgan fingerprint density at radius 3 is 2.63 bits per heavy atom. The lowest BCUT2D eigenvalue weighted by Crippen LogP contribution is -2.40. The van der Waals surface area contributed by atoms with Crippen molar-refractivity contribution in [1.29, 1.82) is 0 Å². The van der Waals surface area contributed by atoms with Crippen LogP contribution in [0.3, 0.4) is 0 Å². The summed E-state index contributed by atoms with van der Waals surface area (Å²) in [6, 6.07) is 6.24. The van der Waals surface area contributed by atoms with Gasteiger partial charge in [0.15, 0.2) is 5.11 Å². The lowest BCUT2D eigenvalue weighted by molar-refractivity contribution is -0.121. The molecular weight excluding hydrogens is 265 g/mol. The van der Waals surface area contributed by atoms with Crippen LogP contribution in [0, 0.1) is 5.82 Å². The van der Waals surface area contributed by atoms with Crippen molar-refractivity contribution in [2.24, 2.45) is 0 Å². The smallest absolute Gasteiger partial charge is 0.239 e. The minimum Gasteiger partial charge on any atom is -0.352 e. The maximum atomic E-state index is 12.8. The van der Waals surface area contributed by atoms with Crippen LogP contribution in [0.5, 0.6) is 0 Å². The van der Waals surface area contributed by atoms with Crippen LogP contribution in [-0.4, -0.2) is 35.6 Å². The maximum absolute atomic E-state index is 12.8. The third-order valence-electron chi connectivity index (χ3n) is 2.77. The fourth-order valence-corrected chi connectivity index (χ4v) is 1.72. The summed E-state index contributed by atoms with van der Waals surface area (Å²) >= 11 is 5.18. The van der Waals surface area contributed by atoms with Crippen molar-refractivity contribution in [2.45, 2.75) is 18.9 Å². The predicted molar refractivity (Wildman–Crippen MR) is 76.4 cm³/mol. The standard InChI is InChI=1S/C13H16FN3OS/c1-17(8-12(18)15-10-6-7-10)13(19)16-11-4-2-9(14)3-5-11/h2-5,10H,6-8H2,1H3,(H,15,18)(H,16,19). The molecule has 1 aromatic rings. The average molecular weight is 281 g/mol. The Labute approximate surface area is 117 Å². The van der Waals surface area contributed by atoms with Crippen LogP contribution in [-0.2, 0) is 4.79 Å². The Hall–Kier alpha value is -1.69. The molecule has 0 bridgehead atoms. The quantitative estimate of drug-likeness (QED) is 0.825. The van der Waals surface area contributed by atoms with E-state index in [0.717, 1.165) is 12.8 Å². The van der Waals surface area contributed by atoms with E-state index < -0.39 is 0 Å². The third-order valence-corrected chi connectivity index (χ3v) is 3.18. The molecular formula is C13H16FN3OS. The van der Waals surface area contributed by atoms with E-state index in [-0.39, 0.29) is 18.3 Å². The number of hydrogen-bond donors (Lipinski definition) is 2. The van der Waals surface area contributed by atoms with Crippen molar-refractivity contribution in [2.75, 3.05) is 18.9 Å². The number of hydrogen-bond acceptors (Lipinski definition) is 2. The number of benzene rings is 1. The molecule has 0 unspecified atom stereocenters. The van der Waals surface area contributed by atoms with E-state index in [0.29, 0.717) is 16.8 Å². The number of carbonyl (C=O) groups is 1. The van der Waals surface area contributed by atoms with Crippen molar-refractivity contribution in [1.82, 2.24) is 10.2 Å². The third kappa shape index (κ3) is 4.48. The molecule has 2 N–H and O–H groups in total. The Bertz CT molecular complexity index is 473. The van der Waals surface area contributed by atoms with Gasteiger partial charge in [0.1, 0.15) is 5.82 Å². The Morgan fingerprint density at radius 2 is 2.05 bits per heavy atom. The van der Waals surface area contributed by atoms with Crippen LogP contribution < -0.4 is 10.6 Å². The highest BCUT2D eigenvalue weighted by molar-refractivity contribution is 7.80. The molecule has 1 saturated carbocycles. The molecule has 0 aromatic heterocycles.